The molecule has 3 heteroatoms. The number of carbonyl (C=O) groups excluding carboxylic acids is 1. The third-order valence-electron chi connectivity index (χ3n) is 1.70. The summed E-state index contributed by atoms with van der Waals surface area (Å²) in [7, 11) is 0. The van der Waals surface area contributed by atoms with Gasteiger partial charge >= 0.3 is 5.97 Å². The van der Waals surface area contributed by atoms with Gasteiger partial charge in [0.2, 0.25) is 0 Å². The molecule has 0 aliphatic heterocycles. The zero-order chi connectivity index (χ0) is 9.68. The summed E-state index contributed by atoms with van der Waals surface area (Å²) in [5.41, 5.74) is 1.02. The summed E-state index contributed by atoms with van der Waals surface area (Å²) in [4.78, 5) is 11.1. The Labute approximate surface area is 90.7 Å². The van der Waals surface area contributed by atoms with E-state index < -0.39 is 0 Å². The van der Waals surface area contributed by atoms with Gasteiger partial charge in [0.15, 0.2) is 0 Å². The van der Waals surface area contributed by atoms with E-state index in [1.165, 1.54) is 0 Å². The lowest BCUT2D eigenvalue weighted by Gasteiger charge is -2.06. The highest BCUT2D eigenvalue weighted by atomic mass is 35.5. The van der Waals surface area contributed by atoms with Crippen LogP contribution in [0.2, 0.25) is 0 Å². The van der Waals surface area contributed by atoms with Crippen LogP contribution in [0.3, 0.4) is 0 Å². The first-order chi connectivity index (χ1) is 6.20. The molecule has 0 aliphatic carbocycles. The van der Waals surface area contributed by atoms with Crippen LogP contribution in [0.1, 0.15) is 19.4 Å². The molecule has 0 unspecified atom stereocenters. The van der Waals surface area contributed by atoms with E-state index in [-0.39, 0.29) is 24.3 Å². The standard InChI is InChI=1S/C11H14O2.ClH/c1-9(2)11(12)13-8-10-6-4-3-5-7-10;/h3-7,9H,8H2,1-2H3;1H. The Morgan fingerprint density at radius 2 is 1.86 bits per heavy atom. The minimum atomic E-state index is -0.149. The molecular formula is C11H15ClO2. The summed E-state index contributed by atoms with van der Waals surface area (Å²) < 4.78 is 5.05. The lowest BCUT2D eigenvalue weighted by atomic mass is 10.2. The molecule has 0 saturated carbocycles. The van der Waals surface area contributed by atoms with Crippen molar-refractivity contribution in [1.29, 1.82) is 0 Å². The molecule has 0 aromatic heterocycles. The van der Waals surface area contributed by atoms with Crippen LogP contribution >= 0.6 is 12.4 Å². The van der Waals surface area contributed by atoms with Crippen molar-refractivity contribution in [2.75, 3.05) is 0 Å². The average molecular weight is 215 g/mol. The van der Waals surface area contributed by atoms with Gasteiger partial charge in [0, 0.05) is 0 Å². The van der Waals surface area contributed by atoms with Gasteiger partial charge in [-0.3, -0.25) is 4.79 Å². The van der Waals surface area contributed by atoms with Gasteiger partial charge in [-0.15, -0.1) is 12.4 Å². The van der Waals surface area contributed by atoms with Gasteiger partial charge in [0.1, 0.15) is 6.61 Å². The first-order valence-corrected chi connectivity index (χ1v) is 4.40. The van der Waals surface area contributed by atoms with Gasteiger partial charge in [-0.05, 0) is 5.56 Å². The molecule has 0 saturated heterocycles. The third-order valence-corrected chi connectivity index (χ3v) is 1.70. The normalized spacial score (nSPS) is 9.36. The summed E-state index contributed by atoms with van der Waals surface area (Å²) in [5, 5.41) is 0. The van der Waals surface area contributed by atoms with E-state index in [1.54, 1.807) is 0 Å². The Morgan fingerprint density at radius 3 is 2.36 bits per heavy atom. The summed E-state index contributed by atoms with van der Waals surface area (Å²) in [5.74, 6) is -0.201. The summed E-state index contributed by atoms with van der Waals surface area (Å²) >= 11 is 0. The number of esters is 1. The van der Waals surface area contributed by atoms with Crippen molar-refractivity contribution >= 4 is 18.4 Å². The van der Waals surface area contributed by atoms with Crippen LogP contribution in [0.5, 0.6) is 0 Å². The minimum absolute atomic E-state index is 0. The van der Waals surface area contributed by atoms with Crippen molar-refractivity contribution in [2.45, 2.75) is 20.5 Å². The van der Waals surface area contributed by atoms with Crippen molar-refractivity contribution < 1.29 is 9.53 Å². The highest BCUT2D eigenvalue weighted by molar-refractivity contribution is 5.85. The Bertz CT molecular complexity index is 270. The van der Waals surface area contributed by atoms with Gasteiger partial charge in [-0.25, -0.2) is 0 Å². The predicted molar refractivity (Wildman–Crippen MR) is 58.3 cm³/mol. The number of rotatable bonds is 3. The van der Waals surface area contributed by atoms with Crippen molar-refractivity contribution in [1.82, 2.24) is 0 Å². The van der Waals surface area contributed by atoms with Crippen molar-refractivity contribution in [2.24, 2.45) is 5.92 Å². The molecule has 2 nitrogen and oxygen atoms in total. The number of halogens is 1. The van der Waals surface area contributed by atoms with Crippen LogP contribution < -0.4 is 0 Å². The molecule has 1 aromatic rings. The first kappa shape index (κ1) is 13.0. The van der Waals surface area contributed by atoms with Gasteiger partial charge in [-0.1, -0.05) is 44.2 Å². The maximum Gasteiger partial charge on any atom is 0.308 e. The fourth-order valence-corrected chi connectivity index (χ4v) is 0.895. The SMILES string of the molecule is CC(C)C(=O)OCc1ccccc1.Cl. The summed E-state index contributed by atoms with van der Waals surface area (Å²) in [6, 6.07) is 9.67. The number of benzene rings is 1. The lowest BCUT2D eigenvalue weighted by molar-refractivity contribution is -0.148. The number of hydrogen-bond donors (Lipinski definition) is 0. The quantitative estimate of drug-likeness (QED) is 0.724. The van der Waals surface area contributed by atoms with E-state index >= 15 is 0 Å². The van der Waals surface area contributed by atoms with Crippen LogP contribution in [0.25, 0.3) is 0 Å². The van der Waals surface area contributed by atoms with E-state index in [0.29, 0.717) is 6.61 Å². The third kappa shape index (κ3) is 4.28. The van der Waals surface area contributed by atoms with E-state index in [9.17, 15) is 4.79 Å². The molecule has 0 radical (unpaired) electrons. The van der Waals surface area contributed by atoms with Gasteiger partial charge in [-0.2, -0.15) is 0 Å². The molecule has 0 amide bonds. The molecule has 1 aromatic carbocycles. The van der Waals surface area contributed by atoms with Crippen LogP contribution in [-0.2, 0) is 16.1 Å². The van der Waals surface area contributed by atoms with Crippen LogP contribution in [0.4, 0.5) is 0 Å². The van der Waals surface area contributed by atoms with Crippen molar-refractivity contribution in [3.05, 3.63) is 35.9 Å². The molecule has 1 rings (SSSR count). The zero-order valence-electron chi connectivity index (χ0n) is 8.40. The lowest BCUT2D eigenvalue weighted by Crippen LogP contribution is -2.11. The smallest absolute Gasteiger partial charge is 0.308 e. The molecule has 14 heavy (non-hydrogen) atoms. The maximum atomic E-state index is 11.1. The Kier molecular flexibility index (Phi) is 5.97. The Morgan fingerprint density at radius 1 is 1.29 bits per heavy atom. The monoisotopic (exact) mass is 214 g/mol. The second-order valence-corrected chi connectivity index (χ2v) is 3.25. The number of ether oxygens (including phenoxy) is 1. The second kappa shape index (κ2) is 6.44. The van der Waals surface area contributed by atoms with Crippen LogP contribution in [0, 0.1) is 5.92 Å². The van der Waals surface area contributed by atoms with Gasteiger partial charge < -0.3 is 4.74 Å². The average Bonchev–Trinajstić information content (AvgIpc) is 2.15. The molecule has 78 valence electrons. The highest BCUT2D eigenvalue weighted by Crippen LogP contribution is 2.03. The summed E-state index contributed by atoms with van der Waals surface area (Å²) in [6.07, 6.45) is 0. The van der Waals surface area contributed by atoms with Crippen LogP contribution in [0.15, 0.2) is 30.3 Å². The highest BCUT2D eigenvalue weighted by Gasteiger charge is 2.07. The van der Waals surface area contributed by atoms with Gasteiger partial charge in [0.05, 0.1) is 5.92 Å². The first-order valence-electron chi connectivity index (χ1n) is 4.40. The molecular weight excluding hydrogens is 200 g/mol. The summed E-state index contributed by atoms with van der Waals surface area (Å²) in [6.45, 7) is 4.03. The number of carbonyl (C=O) groups is 1. The molecule has 0 fully saturated rings. The molecule has 0 aliphatic rings. The topological polar surface area (TPSA) is 26.3 Å². The van der Waals surface area contributed by atoms with Crippen molar-refractivity contribution in [3.8, 4) is 0 Å². The molecule has 0 spiro atoms. The van der Waals surface area contributed by atoms with Crippen molar-refractivity contribution in [3.63, 3.8) is 0 Å². The molecule has 0 N–H and O–H groups in total. The van der Waals surface area contributed by atoms with Crippen LogP contribution in [-0.4, -0.2) is 5.97 Å². The number of hydrogen-bond acceptors (Lipinski definition) is 2. The van der Waals surface area contributed by atoms with E-state index in [2.05, 4.69) is 0 Å². The zero-order valence-corrected chi connectivity index (χ0v) is 9.21. The Hall–Kier alpha value is -1.02. The molecule has 0 bridgehead atoms. The molecule has 0 heterocycles. The fraction of sp³-hybridized carbons (Fsp3) is 0.364. The largest absolute Gasteiger partial charge is 0.461 e. The minimum Gasteiger partial charge on any atom is -0.461 e. The fourth-order valence-electron chi connectivity index (χ4n) is 0.895. The second-order valence-electron chi connectivity index (χ2n) is 3.25. The molecule has 0 atom stereocenters. The van der Waals surface area contributed by atoms with E-state index in [4.69, 9.17) is 4.74 Å². The predicted octanol–water partition coefficient (Wildman–Crippen LogP) is 2.81. The Balaban J connectivity index is 0.00000169. The van der Waals surface area contributed by atoms with E-state index in [1.807, 2.05) is 44.2 Å². The van der Waals surface area contributed by atoms with Gasteiger partial charge in [0.25, 0.3) is 0 Å². The van der Waals surface area contributed by atoms with E-state index in [0.717, 1.165) is 5.56 Å². The maximum absolute atomic E-state index is 11.1.